The van der Waals surface area contributed by atoms with Gasteiger partial charge in [-0.05, 0) is 18.2 Å². The van der Waals surface area contributed by atoms with Crippen molar-refractivity contribution in [3.63, 3.8) is 0 Å². The molecule has 0 saturated heterocycles. The van der Waals surface area contributed by atoms with E-state index in [1.807, 2.05) is 6.07 Å². The Morgan fingerprint density at radius 2 is 2.16 bits per heavy atom. The molecular formula is C12H16BrF2NO3. The van der Waals surface area contributed by atoms with Crippen molar-refractivity contribution in [1.82, 2.24) is 5.32 Å². The highest BCUT2D eigenvalue weighted by molar-refractivity contribution is 9.10. The van der Waals surface area contributed by atoms with Gasteiger partial charge in [-0.3, -0.25) is 0 Å². The first-order valence-electron chi connectivity index (χ1n) is 5.69. The van der Waals surface area contributed by atoms with Crippen LogP contribution in [0, 0.1) is 0 Å². The minimum absolute atomic E-state index is 0.00580. The highest BCUT2D eigenvalue weighted by Crippen LogP contribution is 2.17. The van der Waals surface area contributed by atoms with Crippen molar-refractivity contribution >= 4 is 15.9 Å². The van der Waals surface area contributed by atoms with Crippen LogP contribution in [0.4, 0.5) is 8.78 Å². The molecule has 1 aromatic carbocycles. The van der Waals surface area contributed by atoms with E-state index in [1.54, 1.807) is 18.2 Å². The van der Waals surface area contributed by atoms with Crippen molar-refractivity contribution in [2.75, 3.05) is 26.3 Å². The number of hydrogen-bond donors (Lipinski definition) is 3. The lowest BCUT2D eigenvalue weighted by molar-refractivity contribution is -0.0493. The summed E-state index contributed by atoms with van der Waals surface area (Å²) in [7, 11) is 0. The maximum atomic E-state index is 12.7. The molecule has 4 nitrogen and oxygen atoms in total. The van der Waals surface area contributed by atoms with Gasteiger partial charge in [-0.15, -0.1) is 0 Å². The Labute approximate surface area is 118 Å². The van der Waals surface area contributed by atoms with E-state index < -0.39 is 25.2 Å². The zero-order valence-electron chi connectivity index (χ0n) is 10.2. The third-order valence-corrected chi connectivity index (χ3v) is 2.73. The van der Waals surface area contributed by atoms with Crippen molar-refractivity contribution in [3.05, 3.63) is 28.7 Å². The van der Waals surface area contributed by atoms with Gasteiger partial charge >= 0.3 is 0 Å². The van der Waals surface area contributed by atoms with E-state index in [0.29, 0.717) is 5.75 Å². The normalized spacial score (nSPS) is 13.3. The van der Waals surface area contributed by atoms with E-state index in [2.05, 4.69) is 21.2 Å². The van der Waals surface area contributed by atoms with Crippen LogP contribution >= 0.6 is 15.9 Å². The van der Waals surface area contributed by atoms with Crippen LogP contribution in [-0.4, -0.2) is 48.5 Å². The molecule has 0 aliphatic heterocycles. The number of aliphatic hydroxyl groups excluding tert-OH is 2. The van der Waals surface area contributed by atoms with E-state index in [1.165, 1.54) is 0 Å². The van der Waals surface area contributed by atoms with Gasteiger partial charge < -0.3 is 20.3 Å². The SMILES string of the molecule is OCC(F)(F)CNCC(O)COc1cccc(Br)c1. The average Bonchev–Trinajstić information content (AvgIpc) is 2.36. The van der Waals surface area contributed by atoms with E-state index in [0.717, 1.165) is 4.47 Å². The van der Waals surface area contributed by atoms with Crippen LogP contribution in [0.15, 0.2) is 28.7 Å². The zero-order chi connectivity index (χ0) is 14.3. The lowest BCUT2D eigenvalue weighted by Gasteiger charge is -2.17. The molecular weight excluding hydrogens is 324 g/mol. The van der Waals surface area contributed by atoms with Crippen LogP contribution in [0.5, 0.6) is 5.75 Å². The fourth-order valence-corrected chi connectivity index (χ4v) is 1.66. The quantitative estimate of drug-likeness (QED) is 0.670. The summed E-state index contributed by atoms with van der Waals surface area (Å²) in [5, 5.41) is 20.3. The summed E-state index contributed by atoms with van der Waals surface area (Å²) in [4.78, 5) is 0. The monoisotopic (exact) mass is 339 g/mol. The molecule has 1 aromatic rings. The van der Waals surface area contributed by atoms with Crippen molar-refractivity contribution in [3.8, 4) is 5.75 Å². The molecule has 3 N–H and O–H groups in total. The van der Waals surface area contributed by atoms with Crippen LogP contribution in [-0.2, 0) is 0 Å². The number of ether oxygens (including phenoxy) is 1. The van der Waals surface area contributed by atoms with Gasteiger partial charge in [0.2, 0.25) is 0 Å². The third-order valence-electron chi connectivity index (χ3n) is 2.23. The van der Waals surface area contributed by atoms with E-state index in [-0.39, 0.29) is 13.2 Å². The second-order valence-electron chi connectivity index (χ2n) is 4.07. The smallest absolute Gasteiger partial charge is 0.282 e. The van der Waals surface area contributed by atoms with Crippen LogP contribution in [0.2, 0.25) is 0 Å². The standard InChI is InChI=1S/C12H16BrF2NO3/c13-9-2-1-3-11(4-9)19-6-10(18)5-16-7-12(14,15)8-17/h1-4,10,16-18H,5-8H2. The number of alkyl halides is 2. The number of halogens is 3. The van der Waals surface area contributed by atoms with Crippen LogP contribution in [0.1, 0.15) is 0 Å². The van der Waals surface area contributed by atoms with Gasteiger partial charge in [0.25, 0.3) is 5.92 Å². The first-order valence-corrected chi connectivity index (χ1v) is 6.48. The second-order valence-corrected chi connectivity index (χ2v) is 4.98. The van der Waals surface area contributed by atoms with Crippen LogP contribution in [0.25, 0.3) is 0 Å². The molecule has 0 radical (unpaired) electrons. The topological polar surface area (TPSA) is 61.7 Å². The van der Waals surface area contributed by atoms with Gasteiger partial charge in [-0.2, -0.15) is 0 Å². The number of rotatable bonds is 8. The van der Waals surface area contributed by atoms with Gasteiger partial charge in [0.05, 0.1) is 6.54 Å². The Kier molecular flexibility index (Phi) is 6.64. The molecule has 7 heteroatoms. The Bertz CT molecular complexity index is 393. The Morgan fingerprint density at radius 3 is 2.79 bits per heavy atom. The number of hydrogen-bond acceptors (Lipinski definition) is 4. The summed E-state index contributed by atoms with van der Waals surface area (Å²) in [6.07, 6.45) is -0.909. The predicted molar refractivity (Wildman–Crippen MR) is 70.5 cm³/mol. The Hall–Kier alpha value is -0.760. The third kappa shape index (κ3) is 6.81. The average molecular weight is 340 g/mol. The molecule has 19 heavy (non-hydrogen) atoms. The number of nitrogens with one attached hydrogen (secondary N) is 1. The molecule has 0 fully saturated rings. The molecule has 1 atom stereocenters. The summed E-state index contributed by atoms with van der Waals surface area (Å²) in [6, 6.07) is 7.08. The molecule has 108 valence electrons. The van der Waals surface area contributed by atoms with E-state index >= 15 is 0 Å². The minimum Gasteiger partial charge on any atom is -0.491 e. The first kappa shape index (κ1) is 16.3. The van der Waals surface area contributed by atoms with Gasteiger partial charge in [0, 0.05) is 11.0 Å². The summed E-state index contributed by atoms with van der Waals surface area (Å²) >= 11 is 3.28. The molecule has 0 aliphatic carbocycles. The van der Waals surface area contributed by atoms with Crippen molar-refractivity contribution in [2.45, 2.75) is 12.0 Å². The second kappa shape index (κ2) is 7.74. The molecule has 0 bridgehead atoms. The van der Waals surface area contributed by atoms with Crippen LogP contribution < -0.4 is 10.1 Å². The van der Waals surface area contributed by atoms with Gasteiger partial charge in [-0.25, -0.2) is 8.78 Å². The molecule has 0 saturated carbocycles. The van der Waals surface area contributed by atoms with Crippen molar-refractivity contribution in [2.24, 2.45) is 0 Å². The number of aliphatic hydroxyl groups is 2. The zero-order valence-corrected chi connectivity index (χ0v) is 11.7. The highest BCUT2D eigenvalue weighted by Gasteiger charge is 2.27. The summed E-state index contributed by atoms with van der Waals surface area (Å²) in [5.41, 5.74) is 0. The van der Waals surface area contributed by atoms with Crippen molar-refractivity contribution in [1.29, 1.82) is 0 Å². The largest absolute Gasteiger partial charge is 0.491 e. The molecule has 0 aliphatic rings. The molecule has 1 rings (SSSR count). The van der Waals surface area contributed by atoms with Gasteiger partial charge in [0.1, 0.15) is 25.1 Å². The molecule has 0 spiro atoms. The Morgan fingerprint density at radius 1 is 1.42 bits per heavy atom. The summed E-state index contributed by atoms with van der Waals surface area (Å²) in [6.45, 7) is -1.94. The van der Waals surface area contributed by atoms with E-state index in [4.69, 9.17) is 9.84 Å². The fourth-order valence-electron chi connectivity index (χ4n) is 1.29. The maximum absolute atomic E-state index is 12.7. The molecule has 0 aromatic heterocycles. The summed E-state index contributed by atoms with van der Waals surface area (Å²) < 4.78 is 31.5. The number of benzene rings is 1. The van der Waals surface area contributed by atoms with Gasteiger partial charge in [0.15, 0.2) is 0 Å². The van der Waals surface area contributed by atoms with Crippen molar-refractivity contribution < 1.29 is 23.7 Å². The molecule has 1 unspecified atom stereocenters. The molecule has 0 amide bonds. The maximum Gasteiger partial charge on any atom is 0.282 e. The summed E-state index contributed by atoms with van der Waals surface area (Å²) in [5.74, 6) is -2.60. The van der Waals surface area contributed by atoms with E-state index in [9.17, 15) is 13.9 Å². The van der Waals surface area contributed by atoms with Crippen LogP contribution in [0.3, 0.4) is 0 Å². The first-order chi connectivity index (χ1) is 8.93. The minimum atomic E-state index is -3.18. The lowest BCUT2D eigenvalue weighted by atomic mass is 10.3. The fraction of sp³-hybridized carbons (Fsp3) is 0.500. The lowest BCUT2D eigenvalue weighted by Crippen LogP contribution is -2.40. The Balaban J connectivity index is 2.23. The van der Waals surface area contributed by atoms with Gasteiger partial charge in [-0.1, -0.05) is 22.0 Å². The highest BCUT2D eigenvalue weighted by atomic mass is 79.9. The molecule has 0 heterocycles. The predicted octanol–water partition coefficient (Wildman–Crippen LogP) is 1.41.